The summed E-state index contributed by atoms with van der Waals surface area (Å²) in [5.41, 5.74) is 3.31. The molecule has 4 rings (SSSR count). The molecule has 0 radical (unpaired) electrons. The number of nitrogens with one attached hydrogen (secondary N) is 1. The number of fused-ring (bicyclic) bond motifs is 1. The minimum atomic E-state index is -1.14. The molecule has 1 atom stereocenters. The van der Waals surface area contributed by atoms with E-state index in [1.165, 1.54) is 17.0 Å². The van der Waals surface area contributed by atoms with Crippen LogP contribution in [0.25, 0.3) is 11.0 Å². The highest BCUT2D eigenvalue weighted by atomic mass is 28.3. The average Bonchev–Trinajstić information content (AvgIpc) is 3.34. The van der Waals surface area contributed by atoms with Gasteiger partial charge in [-0.2, -0.15) is 0 Å². The number of hydrogen-bond acceptors (Lipinski definition) is 5. The molecule has 0 aliphatic carbocycles. The minimum Gasteiger partial charge on any atom is -0.381 e. The summed E-state index contributed by atoms with van der Waals surface area (Å²) >= 11 is 0. The topological polar surface area (TPSA) is 68.6 Å². The molecule has 2 aromatic rings. The Bertz CT molecular complexity index is 1050. The first-order valence-electron chi connectivity index (χ1n) is 12.9. The molecule has 192 valence electrons. The van der Waals surface area contributed by atoms with Crippen molar-refractivity contribution in [1.29, 1.82) is 0 Å². The summed E-state index contributed by atoms with van der Waals surface area (Å²) in [4.78, 5) is 19.0. The fraction of sp³-hybridized carbons (Fsp3) is 0.630. The van der Waals surface area contributed by atoms with Gasteiger partial charge in [0.25, 0.3) is 0 Å². The van der Waals surface area contributed by atoms with E-state index in [1.54, 1.807) is 0 Å². The number of carbonyl (C=O) groups excluding carboxylic acids is 1. The SMILES string of the molecule is C=CC(=O)N1C[C@H](Nc2ccnc3c2c(C2CCOCC2)cn3COCC[Si](C)(C)C)C(C)(C)C1. The van der Waals surface area contributed by atoms with Gasteiger partial charge in [0.15, 0.2) is 0 Å². The fourth-order valence-corrected chi connectivity index (χ4v) is 5.94. The second kappa shape index (κ2) is 10.4. The van der Waals surface area contributed by atoms with E-state index in [-0.39, 0.29) is 17.4 Å². The minimum absolute atomic E-state index is 0.00763. The predicted octanol–water partition coefficient (Wildman–Crippen LogP) is 5.08. The van der Waals surface area contributed by atoms with Crippen LogP contribution in [-0.4, -0.2) is 67.4 Å². The molecule has 0 spiro atoms. The number of anilines is 1. The highest BCUT2D eigenvalue weighted by Gasteiger charge is 2.41. The summed E-state index contributed by atoms with van der Waals surface area (Å²) in [7, 11) is -1.14. The van der Waals surface area contributed by atoms with Gasteiger partial charge in [0.05, 0.1) is 6.04 Å². The standard InChI is InChI=1S/C27H42N4O3Si/c1-7-24(32)30-17-23(27(2,3)18-30)29-22-8-11-28-26-25(22)21(20-9-12-33-13-10-20)16-31(26)19-34-14-15-35(4,5)6/h7-8,11,16,20,23H,1,9-10,12-15,17-19H2,2-6H3,(H,28,29)/t23-/m0/s1. The van der Waals surface area contributed by atoms with Crippen molar-refractivity contribution in [2.75, 3.05) is 38.2 Å². The molecular formula is C27H42N4O3Si. The third-order valence-electron chi connectivity index (χ3n) is 7.44. The zero-order chi connectivity index (χ0) is 25.2. The van der Waals surface area contributed by atoms with Crippen LogP contribution in [0.5, 0.6) is 0 Å². The molecule has 1 amide bonds. The van der Waals surface area contributed by atoms with Crippen LogP contribution in [0, 0.1) is 5.41 Å². The fourth-order valence-electron chi connectivity index (χ4n) is 5.18. The lowest BCUT2D eigenvalue weighted by Gasteiger charge is -2.28. The van der Waals surface area contributed by atoms with Crippen LogP contribution >= 0.6 is 0 Å². The second-order valence-electron chi connectivity index (χ2n) is 12.0. The molecule has 0 unspecified atom stereocenters. The molecule has 2 aliphatic heterocycles. The maximum absolute atomic E-state index is 12.3. The first-order chi connectivity index (χ1) is 16.6. The molecule has 2 saturated heterocycles. The number of ether oxygens (including phenoxy) is 2. The van der Waals surface area contributed by atoms with Gasteiger partial charge in [0, 0.05) is 69.9 Å². The molecule has 0 saturated carbocycles. The lowest BCUT2D eigenvalue weighted by atomic mass is 9.87. The quantitative estimate of drug-likeness (QED) is 0.297. The number of rotatable bonds is 9. The largest absolute Gasteiger partial charge is 0.381 e. The lowest BCUT2D eigenvalue weighted by Crippen LogP contribution is -2.34. The van der Waals surface area contributed by atoms with Crippen LogP contribution in [0.4, 0.5) is 5.69 Å². The van der Waals surface area contributed by atoms with Gasteiger partial charge in [-0.05, 0) is 42.5 Å². The highest BCUT2D eigenvalue weighted by molar-refractivity contribution is 6.76. The van der Waals surface area contributed by atoms with Gasteiger partial charge in [-0.25, -0.2) is 4.98 Å². The monoisotopic (exact) mass is 498 g/mol. The van der Waals surface area contributed by atoms with E-state index >= 15 is 0 Å². The molecule has 35 heavy (non-hydrogen) atoms. The Kier molecular flexibility index (Phi) is 7.73. The summed E-state index contributed by atoms with van der Waals surface area (Å²) < 4.78 is 13.9. The van der Waals surface area contributed by atoms with Gasteiger partial charge in [0.1, 0.15) is 12.4 Å². The number of hydrogen-bond donors (Lipinski definition) is 1. The Morgan fingerprint density at radius 2 is 2.09 bits per heavy atom. The van der Waals surface area contributed by atoms with Crippen molar-refractivity contribution >= 4 is 30.7 Å². The number of carbonyl (C=O) groups is 1. The van der Waals surface area contributed by atoms with Crippen LogP contribution in [0.2, 0.25) is 25.7 Å². The van der Waals surface area contributed by atoms with E-state index in [1.807, 2.05) is 11.1 Å². The van der Waals surface area contributed by atoms with Crippen molar-refractivity contribution in [2.24, 2.45) is 5.41 Å². The molecule has 2 aromatic heterocycles. The van der Waals surface area contributed by atoms with Gasteiger partial charge in [0.2, 0.25) is 5.91 Å². The van der Waals surface area contributed by atoms with Crippen LogP contribution in [0.3, 0.4) is 0 Å². The zero-order valence-electron chi connectivity index (χ0n) is 22.1. The Morgan fingerprint density at radius 3 is 2.77 bits per heavy atom. The van der Waals surface area contributed by atoms with E-state index < -0.39 is 8.07 Å². The summed E-state index contributed by atoms with van der Waals surface area (Å²) in [5, 5.41) is 4.99. The summed E-state index contributed by atoms with van der Waals surface area (Å²) in [6, 6.07) is 3.36. The Balaban J connectivity index is 1.64. The third kappa shape index (κ3) is 5.98. The van der Waals surface area contributed by atoms with Gasteiger partial charge in [-0.1, -0.05) is 40.1 Å². The van der Waals surface area contributed by atoms with Crippen molar-refractivity contribution in [3.63, 3.8) is 0 Å². The number of nitrogens with zero attached hydrogens (tertiary/aromatic N) is 3. The third-order valence-corrected chi connectivity index (χ3v) is 9.14. The van der Waals surface area contributed by atoms with Crippen LogP contribution in [0.1, 0.15) is 38.2 Å². The van der Waals surface area contributed by atoms with Crippen molar-refractivity contribution < 1.29 is 14.3 Å². The van der Waals surface area contributed by atoms with E-state index in [9.17, 15) is 4.79 Å². The van der Waals surface area contributed by atoms with E-state index in [4.69, 9.17) is 14.5 Å². The zero-order valence-corrected chi connectivity index (χ0v) is 23.1. The predicted molar refractivity (Wildman–Crippen MR) is 145 cm³/mol. The van der Waals surface area contributed by atoms with Gasteiger partial charge >= 0.3 is 0 Å². The van der Waals surface area contributed by atoms with E-state index in [0.717, 1.165) is 50.0 Å². The maximum atomic E-state index is 12.3. The Labute approximate surface area is 210 Å². The molecule has 1 N–H and O–H groups in total. The molecule has 8 heteroatoms. The van der Waals surface area contributed by atoms with Crippen LogP contribution in [-0.2, 0) is 21.0 Å². The number of likely N-dealkylation sites (tertiary alicyclic amines) is 1. The normalized spacial score (nSPS) is 20.9. The number of amides is 1. The Morgan fingerprint density at radius 1 is 1.34 bits per heavy atom. The van der Waals surface area contributed by atoms with Gasteiger partial charge in [-0.3, -0.25) is 4.79 Å². The van der Waals surface area contributed by atoms with Crippen LogP contribution in [0.15, 0.2) is 31.1 Å². The molecular weight excluding hydrogens is 456 g/mol. The van der Waals surface area contributed by atoms with Gasteiger partial charge in [-0.15, -0.1) is 0 Å². The first kappa shape index (κ1) is 25.9. The summed E-state index contributed by atoms with van der Waals surface area (Å²) in [6.45, 7) is 19.5. The van der Waals surface area contributed by atoms with Crippen molar-refractivity contribution in [3.8, 4) is 0 Å². The van der Waals surface area contributed by atoms with Crippen molar-refractivity contribution in [3.05, 3.63) is 36.7 Å². The maximum Gasteiger partial charge on any atom is 0.246 e. The summed E-state index contributed by atoms with van der Waals surface area (Å²) in [5.74, 6) is 0.432. The lowest BCUT2D eigenvalue weighted by molar-refractivity contribution is -0.125. The average molecular weight is 499 g/mol. The van der Waals surface area contributed by atoms with Crippen molar-refractivity contribution in [1.82, 2.24) is 14.5 Å². The first-order valence-corrected chi connectivity index (χ1v) is 16.6. The molecule has 7 nitrogen and oxygen atoms in total. The van der Waals surface area contributed by atoms with E-state index in [2.05, 4.69) is 62.2 Å². The molecule has 0 bridgehead atoms. The van der Waals surface area contributed by atoms with E-state index in [0.29, 0.717) is 25.7 Å². The highest BCUT2D eigenvalue weighted by Crippen LogP contribution is 2.39. The van der Waals surface area contributed by atoms with Crippen molar-refractivity contribution in [2.45, 2.75) is 71.1 Å². The Hall–Kier alpha value is -2.16. The number of aromatic nitrogens is 2. The second-order valence-corrected chi connectivity index (χ2v) is 17.6. The smallest absolute Gasteiger partial charge is 0.246 e. The van der Waals surface area contributed by atoms with Crippen LogP contribution < -0.4 is 5.32 Å². The molecule has 2 fully saturated rings. The van der Waals surface area contributed by atoms with Gasteiger partial charge < -0.3 is 24.3 Å². The summed E-state index contributed by atoms with van der Waals surface area (Å²) in [6.07, 6.45) is 7.57. The molecule has 2 aliphatic rings. The number of pyridine rings is 1. The molecule has 0 aromatic carbocycles. The molecule has 4 heterocycles.